The van der Waals surface area contributed by atoms with E-state index in [9.17, 15) is 70.2 Å². The highest BCUT2D eigenvalue weighted by Gasteiger charge is 2.46. The topological polar surface area (TPSA) is 344 Å². The number of hydrogen-bond acceptors (Lipinski definition) is 20. The molecule has 22 nitrogen and oxygen atoms in total. The summed E-state index contributed by atoms with van der Waals surface area (Å²) >= 11 is 0. The van der Waals surface area contributed by atoms with Gasteiger partial charge in [-0.2, -0.15) is 0 Å². The fourth-order valence-electron chi connectivity index (χ4n) is 10.3. The van der Waals surface area contributed by atoms with E-state index in [0.717, 1.165) is 24.3 Å². The first-order valence-electron chi connectivity index (χ1n) is 24.5. The zero-order chi connectivity index (χ0) is 56.2. The molecular weight excluding hydrogens is 1060 g/mol. The van der Waals surface area contributed by atoms with E-state index in [1.165, 1.54) is 74.9 Å². The molecule has 10 rings (SSSR count). The molecule has 0 bridgehead atoms. The van der Waals surface area contributed by atoms with Crippen molar-refractivity contribution in [2.24, 2.45) is 0 Å². The molecule has 4 aliphatic rings. The third-order valence-electron chi connectivity index (χ3n) is 14.2. The second kappa shape index (κ2) is 21.1. The van der Waals surface area contributed by atoms with E-state index in [2.05, 4.69) is 0 Å². The second-order valence-corrected chi connectivity index (χ2v) is 23.2. The zero-order valence-corrected chi connectivity index (χ0v) is 42.7. The average Bonchev–Trinajstić information content (AvgIpc) is 3.56. The van der Waals surface area contributed by atoms with Gasteiger partial charge < -0.3 is 89.0 Å². The molecule has 0 aliphatic carbocycles. The third kappa shape index (κ3) is 10.4. The summed E-state index contributed by atoms with van der Waals surface area (Å²) in [6.45, 7) is 0. The molecule has 0 amide bonds. The molecule has 0 radical (unpaired) electrons. The summed E-state index contributed by atoms with van der Waals surface area (Å²) in [4.78, 5) is 52.1. The monoisotopic (exact) mass is 1110 g/mol. The summed E-state index contributed by atoms with van der Waals surface area (Å²) in [5.74, 6) is -6.50. The van der Waals surface area contributed by atoms with Gasteiger partial charge >= 0.3 is 11.9 Å². The number of aliphatic carboxylic acids is 2. The van der Waals surface area contributed by atoms with Crippen LogP contribution in [-0.2, 0) is 9.59 Å². The highest BCUT2D eigenvalue weighted by Crippen LogP contribution is 2.57. The molecule has 0 fully saturated rings. The highest BCUT2D eigenvalue weighted by molar-refractivity contribution is 8.33. The zero-order valence-electron chi connectivity index (χ0n) is 41.9. The first-order chi connectivity index (χ1) is 37.7. The molecule has 0 aromatic heterocycles. The van der Waals surface area contributed by atoms with Gasteiger partial charge in [0.05, 0.1) is 27.1 Å². The lowest BCUT2D eigenvalue weighted by Crippen LogP contribution is -2.44. The van der Waals surface area contributed by atoms with Crippen molar-refractivity contribution in [3.05, 3.63) is 130 Å². The molecule has 0 saturated carbocycles. The molecule has 4 aliphatic heterocycles. The van der Waals surface area contributed by atoms with Crippen LogP contribution in [0, 0.1) is 0 Å². The predicted octanol–water partition coefficient (Wildman–Crippen LogP) is 6.51. The number of carboxylic acid groups (broad SMARTS) is 2. The Morgan fingerprint density at radius 1 is 0.456 bits per heavy atom. The summed E-state index contributed by atoms with van der Waals surface area (Å²) in [5.41, 5.74) is 0.596. The molecular formula is C56H52O22S. The highest BCUT2D eigenvalue weighted by atomic mass is 32.3. The quantitative estimate of drug-likeness (QED) is 0.0494. The molecule has 4 unspecified atom stereocenters. The SMILES string of the molecule is COc1cc(C2Oc3cc([C@H]4Oc5cc(O)cc(O)c5C(=O)[C@@H]4O)ccc3OC2CS(CCC(=O)O)(CCC(=O)O)CC2Oc3ccc([C@H]4Oc5cc(O)cc(O)c5C(=O)[C@@H]4O)cc3OC2c2ccc(O)c(OC)c2)ccc1O. The minimum Gasteiger partial charge on any atom is -0.508 e. The van der Waals surface area contributed by atoms with Crippen molar-refractivity contribution in [3.8, 4) is 80.5 Å². The van der Waals surface area contributed by atoms with E-state index >= 15 is 0 Å². The number of fused-ring (bicyclic) bond motifs is 4. The molecule has 0 spiro atoms. The van der Waals surface area contributed by atoms with E-state index in [0.29, 0.717) is 11.1 Å². The first-order valence-corrected chi connectivity index (χ1v) is 26.8. The molecule has 6 aromatic rings. The Kier molecular flexibility index (Phi) is 14.3. The van der Waals surface area contributed by atoms with Crippen molar-refractivity contribution in [1.82, 2.24) is 0 Å². The Labute approximate surface area is 450 Å². The largest absolute Gasteiger partial charge is 0.508 e. The van der Waals surface area contributed by atoms with Gasteiger partial charge in [-0.25, -0.2) is 10.0 Å². The Balaban J connectivity index is 1.04. The average molecular weight is 1110 g/mol. The van der Waals surface area contributed by atoms with Gasteiger partial charge in [0.15, 0.2) is 82.6 Å². The van der Waals surface area contributed by atoms with Crippen LogP contribution in [0.3, 0.4) is 0 Å². The molecule has 0 saturated heterocycles. The fraction of sp³-hybridized carbons (Fsp3) is 0.286. The lowest BCUT2D eigenvalue weighted by atomic mass is 9.92. The standard InChI is InChI=1S/C56H52O22S/c1-71-37-15-25(3-7-31(37)59)53-43(73-35-9-5-27(17-39(35)75-53)55-51(69)49(67)47-33(61)19-29(57)21-41(47)77-55)23-79(13-11-45(63)64,14-12-46(65)66)24-44-54(26-4-8-32(60)38(16-26)72-2)76-40-18-28(6-10-36(40)74-44)56-52(70)50(68)48-34(62)20-30(58)22-42(48)78-56/h3-10,15-22,43-44,51-62,69-70H,11-14,23-24H2,1-2H3,(H,63,64)(H,65,66)/t43?,44?,51-,52-,53?,54?,55+,56+/m0/s1. The predicted molar refractivity (Wildman–Crippen MR) is 276 cm³/mol. The lowest BCUT2D eigenvalue weighted by molar-refractivity contribution is -0.137. The Hall–Kier alpha value is -8.93. The van der Waals surface area contributed by atoms with Gasteiger partial charge in [0.1, 0.15) is 57.8 Å². The lowest BCUT2D eigenvalue weighted by Gasteiger charge is -2.48. The second-order valence-electron chi connectivity index (χ2n) is 19.3. The minimum atomic E-state index is -2.66. The van der Waals surface area contributed by atoms with Gasteiger partial charge in [-0.15, -0.1) is 0 Å². The van der Waals surface area contributed by atoms with Crippen LogP contribution < -0.4 is 37.9 Å². The van der Waals surface area contributed by atoms with Gasteiger partial charge in [0, 0.05) is 46.9 Å². The van der Waals surface area contributed by atoms with Crippen LogP contribution in [-0.4, -0.2) is 136 Å². The Morgan fingerprint density at radius 3 is 1.20 bits per heavy atom. The van der Waals surface area contributed by atoms with Crippen LogP contribution >= 0.6 is 10.0 Å². The molecule has 4 heterocycles. The molecule has 8 atom stereocenters. The van der Waals surface area contributed by atoms with E-state index in [1.807, 2.05) is 0 Å². The van der Waals surface area contributed by atoms with Gasteiger partial charge in [-0.05, 0) is 71.2 Å². The first kappa shape index (κ1) is 53.5. The van der Waals surface area contributed by atoms with Crippen molar-refractivity contribution in [1.29, 1.82) is 0 Å². The van der Waals surface area contributed by atoms with Crippen LogP contribution in [0.15, 0.2) is 97.1 Å². The smallest absolute Gasteiger partial charge is 0.304 e. The van der Waals surface area contributed by atoms with Crippen LogP contribution in [0.5, 0.6) is 80.5 Å². The number of phenolic OH excluding ortho intramolecular Hbond substituents is 6. The summed E-state index contributed by atoms with van der Waals surface area (Å²) in [6.07, 6.45) is -11.5. The van der Waals surface area contributed by atoms with E-state index in [-0.39, 0.29) is 103 Å². The molecule has 10 N–H and O–H groups in total. The number of carbonyl (C=O) groups excluding carboxylic acids is 2. The van der Waals surface area contributed by atoms with Crippen molar-refractivity contribution >= 4 is 33.5 Å². The number of methoxy groups -OCH3 is 2. The van der Waals surface area contributed by atoms with E-state index < -0.39 is 118 Å². The van der Waals surface area contributed by atoms with Crippen molar-refractivity contribution in [2.45, 2.75) is 61.7 Å². The van der Waals surface area contributed by atoms with Crippen molar-refractivity contribution in [2.75, 3.05) is 37.2 Å². The molecule has 6 aromatic carbocycles. The van der Waals surface area contributed by atoms with Crippen LogP contribution in [0.1, 0.15) is 80.2 Å². The summed E-state index contributed by atoms with van der Waals surface area (Å²) < 4.78 is 50.2. The van der Waals surface area contributed by atoms with Gasteiger partial charge in [0.25, 0.3) is 0 Å². The number of ketones is 2. The number of hydrogen-bond donors (Lipinski definition) is 10. The van der Waals surface area contributed by atoms with Crippen LogP contribution in [0.4, 0.5) is 0 Å². The third-order valence-corrected chi connectivity index (χ3v) is 18.4. The van der Waals surface area contributed by atoms with Gasteiger partial charge in [-0.1, -0.05) is 24.3 Å². The number of ether oxygens (including phenoxy) is 8. The summed E-state index contributed by atoms with van der Waals surface area (Å²) in [5, 5.41) is 106. The minimum absolute atomic E-state index is 0.0415. The number of aliphatic hydroxyl groups excluding tert-OH is 2. The van der Waals surface area contributed by atoms with E-state index in [1.54, 1.807) is 12.1 Å². The number of Topliss-reactive ketones (excluding diaryl/α,β-unsaturated/α-hetero) is 2. The number of phenols is 6. The fourth-order valence-corrected chi connectivity index (χ4v) is 14.4. The van der Waals surface area contributed by atoms with Crippen LogP contribution in [0.2, 0.25) is 0 Å². The maximum atomic E-state index is 13.4. The number of aromatic hydroxyl groups is 6. The number of rotatable bonds is 16. The molecule has 414 valence electrons. The van der Waals surface area contributed by atoms with Crippen molar-refractivity contribution < 1.29 is 108 Å². The van der Waals surface area contributed by atoms with Crippen LogP contribution in [0.25, 0.3) is 0 Å². The molecule has 23 heteroatoms. The maximum Gasteiger partial charge on any atom is 0.304 e. The summed E-state index contributed by atoms with van der Waals surface area (Å²) in [6, 6.07) is 22.0. The Bertz CT molecular complexity index is 3190. The number of carbonyl (C=O) groups is 4. The Morgan fingerprint density at radius 2 is 0.823 bits per heavy atom. The maximum absolute atomic E-state index is 13.4. The summed E-state index contributed by atoms with van der Waals surface area (Å²) in [7, 11) is 0.0196. The van der Waals surface area contributed by atoms with Crippen molar-refractivity contribution in [3.63, 3.8) is 0 Å². The number of aliphatic hydroxyl groups is 2. The van der Waals surface area contributed by atoms with Gasteiger partial charge in [-0.3, -0.25) is 19.2 Å². The van der Waals surface area contributed by atoms with E-state index in [4.69, 9.17) is 37.9 Å². The normalized spacial score (nSPS) is 22.1. The van der Waals surface area contributed by atoms with Gasteiger partial charge in [0.2, 0.25) is 11.6 Å². The number of carboxylic acids is 2. The molecule has 79 heavy (non-hydrogen) atoms. The number of benzene rings is 6.